The van der Waals surface area contributed by atoms with Gasteiger partial charge >= 0.3 is 0 Å². The number of amidine groups is 1. The van der Waals surface area contributed by atoms with E-state index in [1.165, 1.54) is 5.56 Å². The maximum Gasteiger partial charge on any atom is 0.170 e. The predicted molar refractivity (Wildman–Crippen MR) is 80.0 cm³/mol. The molecule has 2 rings (SSSR count). The van der Waals surface area contributed by atoms with Crippen molar-refractivity contribution in [2.24, 2.45) is 10.9 Å². The van der Waals surface area contributed by atoms with Crippen LogP contribution < -0.4 is 5.73 Å². The normalized spacial score (nSPS) is 11.5. The lowest BCUT2D eigenvalue weighted by atomic mass is 10.1. The number of hydrogen-bond acceptors (Lipinski definition) is 3. The molecule has 2 aromatic rings. The van der Waals surface area contributed by atoms with Crippen LogP contribution in [0, 0.1) is 0 Å². The van der Waals surface area contributed by atoms with Crippen molar-refractivity contribution in [3.05, 3.63) is 64.7 Å². The Labute approximate surface area is 121 Å². The number of thioether (sulfide) groups is 1. The molecule has 0 aliphatic heterocycles. The van der Waals surface area contributed by atoms with Crippen LogP contribution >= 0.6 is 23.4 Å². The van der Waals surface area contributed by atoms with Crippen LogP contribution in [0.1, 0.15) is 11.1 Å². The highest BCUT2D eigenvalue weighted by Crippen LogP contribution is 2.25. The Bertz CT molecular complexity index is 584. The van der Waals surface area contributed by atoms with E-state index in [-0.39, 0.29) is 5.84 Å². The van der Waals surface area contributed by atoms with Gasteiger partial charge in [-0.1, -0.05) is 47.1 Å². The highest BCUT2D eigenvalue weighted by Gasteiger charge is 2.00. The van der Waals surface area contributed by atoms with Gasteiger partial charge < -0.3 is 10.9 Å². The second kappa shape index (κ2) is 6.50. The van der Waals surface area contributed by atoms with Crippen molar-refractivity contribution in [2.45, 2.75) is 10.6 Å². The Hall–Kier alpha value is -1.65. The van der Waals surface area contributed by atoms with Gasteiger partial charge in [0, 0.05) is 21.2 Å². The number of halogens is 1. The highest BCUT2D eigenvalue weighted by molar-refractivity contribution is 7.98. The lowest BCUT2D eigenvalue weighted by Crippen LogP contribution is -2.12. The lowest BCUT2D eigenvalue weighted by molar-refractivity contribution is 0.318. The van der Waals surface area contributed by atoms with Crippen molar-refractivity contribution in [1.82, 2.24) is 0 Å². The van der Waals surface area contributed by atoms with Gasteiger partial charge in [0.2, 0.25) is 0 Å². The van der Waals surface area contributed by atoms with Gasteiger partial charge in [-0.05, 0) is 23.8 Å². The molecule has 98 valence electrons. The quantitative estimate of drug-likeness (QED) is 0.297. The van der Waals surface area contributed by atoms with Crippen LogP contribution in [0.2, 0.25) is 5.02 Å². The summed E-state index contributed by atoms with van der Waals surface area (Å²) in [6.45, 7) is 0. The Morgan fingerprint density at radius 2 is 1.95 bits per heavy atom. The van der Waals surface area contributed by atoms with Gasteiger partial charge in [-0.25, -0.2) is 0 Å². The van der Waals surface area contributed by atoms with Crippen LogP contribution in [0.3, 0.4) is 0 Å². The molecule has 0 aliphatic carbocycles. The van der Waals surface area contributed by atoms with Gasteiger partial charge in [0.15, 0.2) is 5.84 Å². The zero-order valence-corrected chi connectivity index (χ0v) is 11.7. The molecule has 0 aromatic heterocycles. The Morgan fingerprint density at radius 1 is 1.21 bits per heavy atom. The van der Waals surface area contributed by atoms with Crippen LogP contribution in [0.4, 0.5) is 0 Å². The fourth-order valence-electron chi connectivity index (χ4n) is 1.55. The third-order valence-electron chi connectivity index (χ3n) is 2.56. The summed E-state index contributed by atoms with van der Waals surface area (Å²) < 4.78 is 0. The standard InChI is InChI=1S/C14H13ClN2OS/c15-12-2-1-3-13(8-12)19-9-10-4-6-11(7-5-10)14(16)17-18/h1-8,18H,9H2,(H2,16,17). The van der Waals surface area contributed by atoms with Gasteiger partial charge in [-0.15, -0.1) is 11.8 Å². The van der Waals surface area contributed by atoms with E-state index in [4.69, 9.17) is 22.5 Å². The molecule has 0 fully saturated rings. The molecule has 19 heavy (non-hydrogen) atoms. The highest BCUT2D eigenvalue weighted by atomic mass is 35.5. The van der Waals surface area contributed by atoms with E-state index in [1.54, 1.807) is 11.8 Å². The molecule has 0 radical (unpaired) electrons. The molecule has 0 unspecified atom stereocenters. The first kappa shape index (κ1) is 13.8. The fraction of sp³-hybridized carbons (Fsp3) is 0.0714. The van der Waals surface area contributed by atoms with E-state index >= 15 is 0 Å². The number of oxime groups is 1. The van der Waals surface area contributed by atoms with Gasteiger partial charge in [0.05, 0.1) is 0 Å². The molecule has 3 N–H and O–H groups in total. The minimum Gasteiger partial charge on any atom is -0.409 e. The summed E-state index contributed by atoms with van der Waals surface area (Å²) in [6.07, 6.45) is 0. The molecule has 0 aliphatic rings. The van der Waals surface area contributed by atoms with Crippen molar-refractivity contribution in [1.29, 1.82) is 0 Å². The van der Waals surface area contributed by atoms with Gasteiger partial charge in [0.25, 0.3) is 0 Å². The van der Waals surface area contributed by atoms with Crippen molar-refractivity contribution in [3.63, 3.8) is 0 Å². The average Bonchev–Trinajstić information content (AvgIpc) is 2.45. The van der Waals surface area contributed by atoms with Gasteiger partial charge in [-0.2, -0.15) is 0 Å². The van der Waals surface area contributed by atoms with Crippen LogP contribution in [0.15, 0.2) is 58.6 Å². The molecule has 5 heteroatoms. The summed E-state index contributed by atoms with van der Waals surface area (Å²) in [5.74, 6) is 0.964. The van der Waals surface area contributed by atoms with Gasteiger partial charge in [-0.3, -0.25) is 0 Å². The third kappa shape index (κ3) is 3.91. The number of rotatable bonds is 4. The predicted octanol–water partition coefficient (Wildman–Crippen LogP) is 3.73. The maximum absolute atomic E-state index is 8.58. The van der Waals surface area contributed by atoms with E-state index in [2.05, 4.69) is 5.16 Å². The third-order valence-corrected chi connectivity index (χ3v) is 3.86. The minimum absolute atomic E-state index is 0.119. The molecule has 0 spiro atoms. The summed E-state index contributed by atoms with van der Waals surface area (Å²) in [5.41, 5.74) is 7.38. The zero-order valence-electron chi connectivity index (χ0n) is 10.1. The SMILES string of the molecule is NC(=NO)c1ccc(CSc2cccc(Cl)c2)cc1. The van der Waals surface area contributed by atoms with Crippen molar-refractivity contribution in [3.8, 4) is 0 Å². The first-order chi connectivity index (χ1) is 9.19. The summed E-state index contributed by atoms with van der Waals surface area (Å²) >= 11 is 7.65. The lowest BCUT2D eigenvalue weighted by Gasteiger charge is -2.04. The first-order valence-electron chi connectivity index (χ1n) is 5.64. The molecule has 0 amide bonds. The van der Waals surface area contributed by atoms with E-state index in [9.17, 15) is 0 Å². The molecule has 0 atom stereocenters. The average molecular weight is 293 g/mol. The molecular weight excluding hydrogens is 280 g/mol. The second-order valence-corrected chi connectivity index (χ2v) is 5.41. The minimum atomic E-state index is 0.119. The maximum atomic E-state index is 8.58. The summed E-state index contributed by atoms with van der Waals surface area (Å²) in [6, 6.07) is 15.4. The van der Waals surface area contributed by atoms with Crippen LogP contribution in [0.25, 0.3) is 0 Å². The summed E-state index contributed by atoms with van der Waals surface area (Å²) in [5, 5.41) is 12.3. The number of nitrogens with zero attached hydrogens (tertiary/aromatic N) is 1. The monoisotopic (exact) mass is 292 g/mol. The molecule has 3 nitrogen and oxygen atoms in total. The number of nitrogens with two attached hydrogens (primary N) is 1. The fourth-order valence-corrected chi connectivity index (χ4v) is 2.72. The van der Waals surface area contributed by atoms with Crippen LogP contribution in [-0.2, 0) is 5.75 Å². The zero-order chi connectivity index (χ0) is 13.7. The van der Waals surface area contributed by atoms with Crippen molar-refractivity contribution >= 4 is 29.2 Å². The topological polar surface area (TPSA) is 58.6 Å². The number of hydrogen-bond donors (Lipinski definition) is 2. The summed E-state index contributed by atoms with van der Waals surface area (Å²) in [4.78, 5) is 1.13. The van der Waals surface area contributed by atoms with Crippen molar-refractivity contribution < 1.29 is 5.21 Å². The van der Waals surface area contributed by atoms with Gasteiger partial charge in [0.1, 0.15) is 0 Å². The number of benzene rings is 2. The molecule has 0 bridgehead atoms. The molecule has 0 heterocycles. The van der Waals surface area contributed by atoms with E-state index < -0.39 is 0 Å². The molecule has 0 saturated carbocycles. The smallest absolute Gasteiger partial charge is 0.170 e. The van der Waals surface area contributed by atoms with Crippen LogP contribution in [0.5, 0.6) is 0 Å². The molecule has 2 aromatic carbocycles. The Morgan fingerprint density at radius 3 is 2.58 bits per heavy atom. The molecule has 0 saturated heterocycles. The van der Waals surface area contributed by atoms with Crippen molar-refractivity contribution in [2.75, 3.05) is 0 Å². The summed E-state index contributed by atoms with van der Waals surface area (Å²) in [7, 11) is 0. The van der Waals surface area contributed by atoms with E-state index in [1.807, 2.05) is 48.5 Å². The van der Waals surface area contributed by atoms with Crippen LogP contribution in [-0.4, -0.2) is 11.0 Å². The Kier molecular flexibility index (Phi) is 4.71. The molecular formula is C14H13ClN2OS. The first-order valence-corrected chi connectivity index (χ1v) is 7.00. The van der Waals surface area contributed by atoms with E-state index in [0.717, 1.165) is 15.7 Å². The largest absolute Gasteiger partial charge is 0.409 e. The van der Waals surface area contributed by atoms with E-state index in [0.29, 0.717) is 5.56 Å². The second-order valence-electron chi connectivity index (χ2n) is 3.93. The Balaban J connectivity index is 2.00.